The van der Waals surface area contributed by atoms with Crippen LogP contribution in [0.1, 0.15) is 33.6 Å². The van der Waals surface area contributed by atoms with E-state index in [1.807, 2.05) is 37.5 Å². The van der Waals surface area contributed by atoms with E-state index in [0.29, 0.717) is 6.42 Å². The summed E-state index contributed by atoms with van der Waals surface area (Å²) in [6.07, 6.45) is 1.38. The number of rotatable bonds is 3. The third-order valence-electron chi connectivity index (χ3n) is 5.65. The van der Waals surface area contributed by atoms with Gasteiger partial charge in [-0.15, -0.1) is 11.3 Å². The average Bonchev–Trinajstić information content (AvgIpc) is 3.24. The number of benzene rings is 2. The molecule has 0 aliphatic heterocycles. The van der Waals surface area contributed by atoms with E-state index in [2.05, 4.69) is 6.07 Å². The fourth-order valence-electron chi connectivity index (χ4n) is 4.07. The van der Waals surface area contributed by atoms with Crippen molar-refractivity contribution in [3.8, 4) is 10.4 Å². The molecule has 0 bridgehead atoms. The highest BCUT2D eigenvalue weighted by Gasteiger charge is 2.49. The summed E-state index contributed by atoms with van der Waals surface area (Å²) < 4.78 is 13.3. The Balaban J connectivity index is 1.91. The van der Waals surface area contributed by atoms with Gasteiger partial charge in [-0.05, 0) is 72.7 Å². The van der Waals surface area contributed by atoms with Crippen LogP contribution in [0.3, 0.4) is 0 Å². The fourth-order valence-corrected chi connectivity index (χ4v) is 5.52. The van der Waals surface area contributed by atoms with Crippen molar-refractivity contribution in [2.24, 2.45) is 0 Å². The molecule has 1 aliphatic rings. The van der Waals surface area contributed by atoms with Crippen LogP contribution in [0.4, 0.5) is 4.39 Å². The van der Waals surface area contributed by atoms with Gasteiger partial charge in [0.25, 0.3) is 5.91 Å². The highest BCUT2D eigenvalue weighted by Crippen LogP contribution is 2.51. The highest BCUT2D eigenvalue weighted by molar-refractivity contribution is 7.16. The summed E-state index contributed by atoms with van der Waals surface area (Å²) in [5.74, 6) is -0.672. The van der Waals surface area contributed by atoms with E-state index in [-0.39, 0.29) is 5.82 Å². The minimum atomic E-state index is -0.900. The Morgan fingerprint density at radius 1 is 1.19 bits per heavy atom. The first kappa shape index (κ1) is 17.9. The number of hydroxylamine groups is 1. The first-order valence-corrected chi connectivity index (χ1v) is 9.69. The van der Waals surface area contributed by atoms with E-state index in [0.717, 1.165) is 44.0 Å². The van der Waals surface area contributed by atoms with Crippen LogP contribution in [0.25, 0.3) is 10.4 Å². The van der Waals surface area contributed by atoms with Crippen LogP contribution in [0.2, 0.25) is 0 Å². The zero-order chi connectivity index (χ0) is 19.2. The summed E-state index contributed by atoms with van der Waals surface area (Å²) in [6.45, 7) is 4.04. The Hall–Kier alpha value is -2.50. The second-order valence-electron chi connectivity index (χ2n) is 7.07. The number of carbonyl (C=O) groups excluding carboxylic acids is 1. The number of hydrogen-bond donors (Lipinski definition) is 2. The van der Waals surface area contributed by atoms with Crippen LogP contribution in [0.5, 0.6) is 0 Å². The molecule has 0 spiro atoms. The van der Waals surface area contributed by atoms with Crippen molar-refractivity contribution in [2.45, 2.75) is 32.1 Å². The van der Waals surface area contributed by atoms with Gasteiger partial charge in [0.2, 0.25) is 0 Å². The standard InChI is InChI=1S/C22H20FNO2S/c1-13-4-3-5-18(14(13)2)22(21(25)24-26)11-10-16-12-19(27-20(16)22)15-6-8-17(23)9-7-15/h3-9,12,26H,10-11H2,1-2H3,(H,24,25)/t22-/m1/s1. The van der Waals surface area contributed by atoms with Crippen LogP contribution in [-0.2, 0) is 16.6 Å². The zero-order valence-electron chi connectivity index (χ0n) is 15.2. The van der Waals surface area contributed by atoms with Crippen LogP contribution in [0.15, 0.2) is 48.5 Å². The number of thiophene rings is 1. The van der Waals surface area contributed by atoms with E-state index in [1.165, 1.54) is 12.1 Å². The highest BCUT2D eigenvalue weighted by atomic mass is 32.1. The van der Waals surface area contributed by atoms with Gasteiger partial charge in [0.1, 0.15) is 11.2 Å². The van der Waals surface area contributed by atoms with E-state index >= 15 is 0 Å². The molecule has 4 rings (SSSR count). The van der Waals surface area contributed by atoms with Crippen molar-refractivity contribution in [3.05, 3.63) is 81.5 Å². The van der Waals surface area contributed by atoms with E-state index in [4.69, 9.17) is 0 Å². The molecule has 1 aliphatic carbocycles. The maximum absolute atomic E-state index is 13.3. The molecule has 0 unspecified atom stereocenters. The summed E-state index contributed by atoms with van der Waals surface area (Å²) in [5.41, 5.74) is 6.15. The lowest BCUT2D eigenvalue weighted by atomic mass is 9.76. The molecule has 1 atom stereocenters. The molecule has 1 aromatic heterocycles. The molecule has 0 radical (unpaired) electrons. The molecule has 27 heavy (non-hydrogen) atoms. The van der Waals surface area contributed by atoms with Gasteiger partial charge >= 0.3 is 0 Å². The average molecular weight is 381 g/mol. The molecule has 0 saturated carbocycles. The zero-order valence-corrected chi connectivity index (χ0v) is 16.0. The molecule has 0 saturated heterocycles. The third-order valence-corrected chi connectivity index (χ3v) is 7.04. The van der Waals surface area contributed by atoms with Crippen molar-refractivity contribution < 1.29 is 14.4 Å². The molecule has 2 N–H and O–H groups in total. The summed E-state index contributed by atoms with van der Waals surface area (Å²) in [5, 5.41) is 9.53. The Labute approximate surface area is 161 Å². The number of carbonyl (C=O) groups is 1. The lowest BCUT2D eigenvalue weighted by Gasteiger charge is -2.29. The Morgan fingerprint density at radius 2 is 1.93 bits per heavy atom. The van der Waals surface area contributed by atoms with Gasteiger partial charge in [0.05, 0.1) is 0 Å². The number of nitrogens with one attached hydrogen (secondary N) is 1. The van der Waals surface area contributed by atoms with Gasteiger partial charge in [0, 0.05) is 9.75 Å². The monoisotopic (exact) mass is 381 g/mol. The molecule has 0 fully saturated rings. The topological polar surface area (TPSA) is 49.3 Å². The summed E-state index contributed by atoms with van der Waals surface area (Å²) in [7, 11) is 0. The summed E-state index contributed by atoms with van der Waals surface area (Å²) >= 11 is 1.55. The van der Waals surface area contributed by atoms with Crippen molar-refractivity contribution in [3.63, 3.8) is 0 Å². The number of halogens is 1. The fraction of sp³-hybridized carbons (Fsp3) is 0.227. The third kappa shape index (κ3) is 2.69. The van der Waals surface area contributed by atoms with Gasteiger partial charge in [-0.2, -0.15) is 0 Å². The van der Waals surface area contributed by atoms with Crippen LogP contribution in [0, 0.1) is 19.7 Å². The minimum absolute atomic E-state index is 0.271. The molecule has 3 aromatic rings. The largest absolute Gasteiger partial charge is 0.289 e. The van der Waals surface area contributed by atoms with Crippen molar-refractivity contribution in [1.29, 1.82) is 0 Å². The quantitative estimate of drug-likeness (QED) is 0.500. The van der Waals surface area contributed by atoms with Crippen LogP contribution >= 0.6 is 11.3 Å². The first-order chi connectivity index (χ1) is 13.0. The second kappa shape index (κ2) is 6.59. The van der Waals surface area contributed by atoms with E-state index in [9.17, 15) is 14.4 Å². The number of hydrogen-bond acceptors (Lipinski definition) is 3. The molecule has 138 valence electrons. The van der Waals surface area contributed by atoms with Crippen LogP contribution < -0.4 is 5.48 Å². The van der Waals surface area contributed by atoms with Crippen molar-refractivity contribution in [2.75, 3.05) is 0 Å². The summed E-state index contributed by atoms with van der Waals surface area (Å²) in [6, 6.07) is 14.4. The molecule has 2 aromatic carbocycles. The summed E-state index contributed by atoms with van der Waals surface area (Å²) in [4.78, 5) is 14.9. The molecule has 5 heteroatoms. The Bertz CT molecular complexity index is 1030. The normalized spacial score (nSPS) is 18.4. The first-order valence-electron chi connectivity index (χ1n) is 8.87. The van der Waals surface area contributed by atoms with Crippen LogP contribution in [-0.4, -0.2) is 11.1 Å². The number of amides is 1. The lowest BCUT2D eigenvalue weighted by Crippen LogP contribution is -2.42. The van der Waals surface area contributed by atoms with Gasteiger partial charge in [-0.25, -0.2) is 9.87 Å². The SMILES string of the molecule is Cc1cccc([C@]2(C(=O)NO)CCc3cc(-c4ccc(F)cc4)sc32)c1C. The molecule has 1 amide bonds. The van der Waals surface area contributed by atoms with E-state index < -0.39 is 11.3 Å². The van der Waals surface area contributed by atoms with Crippen molar-refractivity contribution >= 4 is 17.2 Å². The minimum Gasteiger partial charge on any atom is -0.289 e. The predicted octanol–water partition coefficient (Wildman–Crippen LogP) is 4.91. The van der Waals surface area contributed by atoms with Gasteiger partial charge in [-0.1, -0.05) is 30.3 Å². The smallest absolute Gasteiger partial charge is 0.259 e. The second-order valence-corrected chi connectivity index (χ2v) is 8.12. The molecule has 1 heterocycles. The number of fused-ring (bicyclic) bond motifs is 1. The Kier molecular flexibility index (Phi) is 4.36. The van der Waals surface area contributed by atoms with Gasteiger partial charge < -0.3 is 0 Å². The molecular formula is C22H20FNO2S. The maximum Gasteiger partial charge on any atom is 0.259 e. The molecular weight excluding hydrogens is 361 g/mol. The van der Waals surface area contributed by atoms with E-state index in [1.54, 1.807) is 23.5 Å². The maximum atomic E-state index is 13.3. The van der Waals surface area contributed by atoms with Gasteiger partial charge in [0.15, 0.2) is 0 Å². The lowest BCUT2D eigenvalue weighted by molar-refractivity contribution is -0.133. The number of aryl methyl sites for hydroxylation is 2. The molecule has 3 nitrogen and oxygen atoms in total. The Morgan fingerprint density at radius 3 is 2.63 bits per heavy atom. The predicted molar refractivity (Wildman–Crippen MR) is 105 cm³/mol. The van der Waals surface area contributed by atoms with Crippen molar-refractivity contribution in [1.82, 2.24) is 5.48 Å². The van der Waals surface area contributed by atoms with Gasteiger partial charge in [-0.3, -0.25) is 10.0 Å².